The fourth-order valence-corrected chi connectivity index (χ4v) is 5.41. The van der Waals surface area contributed by atoms with Crippen molar-refractivity contribution < 1.29 is 14.6 Å². The molecular formula is C21H29NO3. The molecule has 4 nitrogen and oxygen atoms in total. The number of carbonyl (C=O) groups excluding carboxylic acids is 1. The number of hydrogen-bond donors (Lipinski definition) is 1. The molecule has 1 spiro atoms. The number of hydrogen-bond acceptors (Lipinski definition) is 3. The summed E-state index contributed by atoms with van der Waals surface area (Å²) in [6.45, 7) is 5.79. The molecule has 3 fully saturated rings. The molecule has 1 saturated heterocycles. The number of amides is 1. The van der Waals surface area contributed by atoms with Crippen LogP contribution in [0.4, 0.5) is 0 Å². The number of aliphatic hydroxyl groups is 1. The Hall–Kier alpha value is -1.55. The molecule has 1 N–H and O–H groups in total. The zero-order valence-corrected chi connectivity index (χ0v) is 15.5. The van der Waals surface area contributed by atoms with Crippen molar-refractivity contribution in [3.05, 3.63) is 29.3 Å². The minimum Gasteiger partial charge on any atom is -0.496 e. The third-order valence-electron chi connectivity index (χ3n) is 6.77. The quantitative estimate of drug-likeness (QED) is 0.916. The molecule has 4 rings (SSSR count). The van der Waals surface area contributed by atoms with Crippen LogP contribution in [0.15, 0.2) is 18.2 Å². The lowest BCUT2D eigenvalue weighted by molar-refractivity contribution is -0.161. The number of rotatable bonds is 3. The van der Waals surface area contributed by atoms with Gasteiger partial charge in [0, 0.05) is 24.4 Å². The molecule has 25 heavy (non-hydrogen) atoms. The monoisotopic (exact) mass is 343 g/mol. The number of carbonyl (C=O) groups is 1. The fraction of sp³-hybridized carbons (Fsp3) is 0.667. The molecule has 1 atom stereocenters. The van der Waals surface area contributed by atoms with Crippen LogP contribution in [0, 0.1) is 18.3 Å². The van der Waals surface area contributed by atoms with Crippen LogP contribution in [0.3, 0.4) is 0 Å². The third-order valence-corrected chi connectivity index (χ3v) is 6.77. The molecule has 136 valence electrons. The Bertz CT molecular complexity index is 682. The van der Waals surface area contributed by atoms with Crippen LogP contribution >= 0.6 is 0 Å². The second-order valence-corrected chi connectivity index (χ2v) is 8.91. The normalized spacial score (nSPS) is 33.0. The highest BCUT2D eigenvalue weighted by atomic mass is 16.5. The summed E-state index contributed by atoms with van der Waals surface area (Å²) in [4.78, 5) is 14.6. The second-order valence-electron chi connectivity index (χ2n) is 8.91. The highest BCUT2D eigenvalue weighted by molar-refractivity contribution is 5.81. The maximum atomic E-state index is 12.5. The first kappa shape index (κ1) is 16.9. The smallest absolute Gasteiger partial charge is 0.225 e. The molecule has 1 aromatic carbocycles. The van der Waals surface area contributed by atoms with Crippen molar-refractivity contribution in [2.75, 3.05) is 20.2 Å². The van der Waals surface area contributed by atoms with E-state index in [9.17, 15) is 9.90 Å². The minimum atomic E-state index is -0.620. The summed E-state index contributed by atoms with van der Waals surface area (Å²) in [5, 5.41) is 9.86. The van der Waals surface area contributed by atoms with Crippen molar-refractivity contribution in [1.29, 1.82) is 0 Å². The van der Waals surface area contributed by atoms with Crippen molar-refractivity contribution in [1.82, 2.24) is 4.90 Å². The van der Waals surface area contributed by atoms with E-state index in [0.29, 0.717) is 24.2 Å². The Morgan fingerprint density at radius 1 is 1.28 bits per heavy atom. The van der Waals surface area contributed by atoms with Gasteiger partial charge in [0.2, 0.25) is 5.91 Å². The molecule has 1 aliphatic heterocycles. The van der Waals surface area contributed by atoms with Gasteiger partial charge in [0.1, 0.15) is 5.75 Å². The van der Waals surface area contributed by atoms with Gasteiger partial charge >= 0.3 is 0 Å². The topological polar surface area (TPSA) is 49.8 Å². The SMILES string of the molecule is COc1cccc(C2CCC3(C2)CN(C(=O)[C@H]2C[C@@](C)(O)C2)C3)c1C. The Balaban J connectivity index is 1.37. The van der Waals surface area contributed by atoms with Gasteiger partial charge in [-0.3, -0.25) is 4.79 Å². The Kier molecular flexibility index (Phi) is 3.87. The first-order valence-corrected chi connectivity index (χ1v) is 9.47. The Morgan fingerprint density at radius 3 is 2.64 bits per heavy atom. The van der Waals surface area contributed by atoms with E-state index in [2.05, 4.69) is 19.1 Å². The molecule has 1 heterocycles. The zero-order valence-electron chi connectivity index (χ0n) is 15.5. The number of nitrogens with zero attached hydrogens (tertiary/aromatic N) is 1. The van der Waals surface area contributed by atoms with Crippen LogP contribution < -0.4 is 4.74 Å². The second kappa shape index (κ2) is 5.73. The fourth-order valence-electron chi connectivity index (χ4n) is 5.41. The summed E-state index contributed by atoms with van der Waals surface area (Å²) in [7, 11) is 1.73. The number of ether oxygens (including phenoxy) is 1. The van der Waals surface area contributed by atoms with Crippen molar-refractivity contribution in [2.24, 2.45) is 11.3 Å². The van der Waals surface area contributed by atoms with E-state index in [0.717, 1.165) is 18.8 Å². The average Bonchev–Trinajstić information content (AvgIpc) is 2.96. The summed E-state index contributed by atoms with van der Waals surface area (Å²) in [5.74, 6) is 1.86. The van der Waals surface area contributed by atoms with Gasteiger partial charge < -0.3 is 14.7 Å². The largest absolute Gasteiger partial charge is 0.496 e. The lowest BCUT2D eigenvalue weighted by Gasteiger charge is -2.52. The molecule has 0 bridgehead atoms. The molecular weight excluding hydrogens is 314 g/mol. The van der Waals surface area contributed by atoms with Crippen LogP contribution in [0.1, 0.15) is 56.1 Å². The lowest BCUT2D eigenvalue weighted by atomic mass is 9.69. The van der Waals surface area contributed by atoms with Gasteiger partial charge in [-0.25, -0.2) is 0 Å². The van der Waals surface area contributed by atoms with Crippen LogP contribution in [0.2, 0.25) is 0 Å². The van der Waals surface area contributed by atoms with E-state index in [1.807, 2.05) is 17.9 Å². The van der Waals surface area contributed by atoms with Crippen molar-refractivity contribution in [3.8, 4) is 5.75 Å². The number of benzene rings is 1. The maximum Gasteiger partial charge on any atom is 0.225 e. The van der Waals surface area contributed by atoms with Crippen molar-refractivity contribution in [3.63, 3.8) is 0 Å². The summed E-state index contributed by atoms with van der Waals surface area (Å²) < 4.78 is 5.47. The zero-order chi connectivity index (χ0) is 17.8. The summed E-state index contributed by atoms with van der Waals surface area (Å²) in [5.41, 5.74) is 2.37. The molecule has 1 amide bonds. The molecule has 0 aromatic heterocycles. The molecule has 0 radical (unpaired) electrons. The summed E-state index contributed by atoms with van der Waals surface area (Å²) in [6.07, 6.45) is 4.84. The van der Waals surface area contributed by atoms with Crippen LogP contribution in [0.25, 0.3) is 0 Å². The molecule has 1 aromatic rings. The predicted molar refractivity (Wildman–Crippen MR) is 96.7 cm³/mol. The van der Waals surface area contributed by atoms with Gasteiger partial charge in [-0.1, -0.05) is 12.1 Å². The molecule has 2 aliphatic carbocycles. The van der Waals surface area contributed by atoms with E-state index in [1.165, 1.54) is 30.4 Å². The van der Waals surface area contributed by atoms with Gasteiger partial charge in [-0.15, -0.1) is 0 Å². The average molecular weight is 343 g/mol. The highest BCUT2D eigenvalue weighted by Gasteiger charge is 2.53. The van der Waals surface area contributed by atoms with Gasteiger partial charge in [0.15, 0.2) is 0 Å². The van der Waals surface area contributed by atoms with E-state index in [-0.39, 0.29) is 11.8 Å². The molecule has 2 saturated carbocycles. The standard InChI is InChI=1S/C21H29NO3/c1-14-17(5-4-6-18(14)25-3)15-7-8-21(11-15)12-22(13-21)19(23)16-9-20(2,24)10-16/h4-6,15-16,24H,7-13H2,1-3H3/t15?,16-,20+. The summed E-state index contributed by atoms with van der Waals surface area (Å²) >= 11 is 0. The van der Waals surface area contributed by atoms with Gasteiger partial charge in [-0.05, 0) is 69.1 Å². The first-order chi connectivity index (χ1) is 11.8. The Labute approximate surface area is 150 Å². The van der Waals surface area contributed by atoms with Crippen LogP contribution in [-0.2, 0) is 4.79 Å². The predicted octanol–water partition coefficient (Wildman–Crippen LogP) is 3.26. The highest BCUT2D eigenvalue weighted by Crippen LogP contribution is 2.53. The van der Waals surface area contributed by atoms with E-state index >= 15 is 0 Å². The molecule has 4 heteroatoms. The van der Waals surface area contributed by atoms with Crippen molar-refractivity contribution in [2.45, 2.75) is 57.5 Å². The van der Waals surface area contributed by atoms with Gasteiger partial charge in [0.05, 0.1) is 12.7 Å². The number of likely N-dealkylation sites (tertiary alicyclic amines) is 1. The molecule has 3 aliphatic rings. The maximum absolute atomic E-state index is 12.5. The van der Waals surface area contributed by atoms with Gasteiger partial charge in [-0.2, -0.15) is 0 Å². The third kappa shape index (κ3) is 2.84. The Morgan fingerprint density at radius 2 is 2.00 bits per heavy atom. The van der Waals surface area contributed by atoms with Gasteiger partial charge in [0.25, 0.3) is 0 Å². The summed E-state index contributed by atoms with van der Waals surface area (Å²) in [6, 6.07) is 6.35. The van der Waals surface area contributed by atoms with Crippen LogP contribution in [-0.4, -0.2) is 41.7 Å². The van der Waals surface area contributed by atoms with E-state index in [1.54, 1.807) is 7.11 Å². The van der Waals surface area contributed by atoms with Crippen LogP contribution in [0.5, 0.6) is 5.75 Å². The lowest BCUT2D eigenvalue weighted by Crippen LogP contribution is -2.61. The molecule has 1 unspecified atom stereocenters. The minimum absolute atomic E-state index is 0.0465. The van der Waals surface area contributed by atoms with Crippen molar-refractivity contribution >= 4 is 5.91 Å². The number of methoxy groups -OCH3 is 1. The van der Waals surface area contributed by atoms with E-state index < -0.39 is 5.60 Å². The van der Waals surface area contributed by atoms with E-state index in [4.69, 9.17) is 4.74 Å². The first-order valence-electron chi connectivity index (χ1n) is 9.47.